The van der Waals surface area contributed by atoms with E-state index in [4.69, 9.17) is 4.74 Å². The molecular weight excluding hydrogens is 224 g/mol. The predicted molar refractivity (Wildman–Crippen MR) is 78.8 cm³/mol. The minimum absolute atomic E-state index is 0.0961. The summed E-state index contributed by atoms with van der Waals surface area (Å²) in [6.07, 6.45) is 8.25. The maximum atomic E-state index is 9.30. The summed E-state index contributed by atoms with van der Waals surface area (Å²) in [5, 5.41) is 9.30. The maximum absolute atomic E-state index is 9.30. The smallest absolute Gasteiger partial charge is 0.0484 e. The molecule has 2 heteroatoms. The lowest BCUT2D eigenvalue weighted by atomic mass is 9.84. The number of hydrogen-bond acceptors (Lipinski definition) is 2. The largest absolute Gasteiger partial charge is 0.396 e. The van der Waals surface area contributed by atoms with Crippen molar-refractivity contribution in [1.29, 1.82) is 0 Å². The van der Waals surface area contributed by atoms with Crippen molar-refractivity contribution in [2.75, 3.05) is 19.8 Å². The van der Waals surface area contributed by atoms with Crippen LogP contribution in [0.1, 0.15) is 72.6 Å². The van der Waals surface area contributed by atoms with Crippen LogP contribution in [0.5, 0.6) is 0 Å². The summed E-state index contributed by atoms with van der Waals surface area (Å²) in [6, 6.07) is 0. The topological polar surface area (TPSA) is 29.5 Å². The zero-order valence-corrected chi connectivity index (χ0v) is 13.0. The molecule has 0 heterocycles. The summed E-state index contributed by atoms with van der Waals surface area (Å²) >= 11 is 0. The highest BCUT2D eigenvalue weighted by atomic mass is 16.5. The Morgan fingerprint density at radius 2 is 1.67 bits per heavy atom. The van der Waals surface area contributed by atoms with Crippen LogP contribution in [0, 0.1) is 11.3 Å². The lowest BCUT2D eigenvalue weighted by molar-refractivity contribution is 0.0888. The molecule has 0 aromatic rings. The van der Waals surface area contributed by atoms with Crippen molar-refractivity contribution in [2.24, 2.45) is 11.3 Å². The maximum Gasteiger partial charge on any atom is 0.0484 e. The molecule has 0 saturated carbocycles. The Kier molecular flexibility index (Phi) is 10.8. The van der Waals surface area contributed by atoms with Crippen molar-refractivity contribution in [3.05, 3.63) is 0 Å². The van der Waals surface area contributed by atoms with Crippen molar-refractivity contribution < 1.29 is 9.84 Å². The summed E-state index contributed by atoms with van der Waals surface area (Å²) < 4.78 is 5.68. The Hall–Kier alpha value is -0.0800. The zero-order chi connectivity index (χ0) is 13.9. The van der Waals surface area contributed by atoms with Gasteiger partial charge in [-0.25, -0.2) is 0 Å². The first-order valence-corrected chi connectivity index (χ1v) is 7.80. The zero-order valence-electron chi connectivity index (χ0n) is 13.0. The minimum Gasteiger partial charge on any atom is -0.396 e. The van der Waals surface area contributed by atoms with Gasteiger partial charge in [0.05, 0.1) is 0 Å². The monoisotopic (exact) mass is 258 g/mol. The van der Waals surface area contributed by atoms with Gasteiger partial charge in [-0.15, -0.1) is 0 Å². The Morgan fingerprint density at radius 1 is 1.06 bits per heavy atom. The van der Waals surface area contributed by atoms with E-state index in [1.165, 1.54) is 25.7 Å². The first-order chi connectivity index (χ1) is 8.61. The average molecular weight is 258 g/mol. The number of aliphatic hydroxyl groups excluding tert-OH is 1. The van der Waals surface area contributed by atoms with Crippen molar-refractivity contribution >= 4 is 0 Å². The van der Waals surface area contributed by atoms with Crippen LogP contribution in [0.4, 0.5) is 0 Å². The highest BCUT2D eigenvalue weighted by Crippen LogP contribution is 2.26. The Balaban J connectivity index is 3.41. The lowest BCUT2D eigenvalue weighted by Gasteiger charge is -2.25. The van der Waals surface area contributed by atoms with Crippen LogP contribution in [-0.4, -0.2) is 24.9 Å². The molecule has 0 aliphatic carbocycles. The molecule has 0 aromatic carbocycles. The molecular formula is C16H34O2. The molecule has 0 bridgehead atoms. The van der Waals surface area contributed by atoms with E-state index in [0.29, 0.717) is 0 Å². The van der Waals surface area contributed by atoms with E-state index < -0.39 is 0 Å². The van der Waals surface area contributed by atoms with Crippen molar-refractivity contribution in [2.45, 2.75) is 72.6 Å². The molecule has 0 fully saturated rings. The molecule has 0 aliphatic rings. The average Bonchev–Trinajstić information content (AvgIpc) is 2.41. The van der Waals surface area contributed by atoms with E-state index in [1.807, 2.05) is 0 Å². The number of rotatable bonds is 12. The van der Waals surface area contributed by atoms with Gasteiger partial charge in [0.15, 0.2) is 0 Å². The van der Waals surface area contributed by atoms with Crippen LogP contribution in [0.2, 0.25) is 0 Å². The minimum atomic E-state index is 0.0961. The van der Waals surface area contributed by atoms with E-state index in [0.717, 1.165) is 38.4 Å². The second-order valence-corrected chi connectivity index (χ2v) is 5.86. The summed E-state index contributed by atoms with van der Waals surface area (Å²) in [5.41, 5.74) is 0.0961. The Morgan fingerprint density at radius 3 is 2.17 bits per heavy atom. The highest BCUT2D eigenvalue weighted by Gasteiger charge is 2.19. The third-order valence-electron chi connectivity index (χ3n) is 4.36. The molecule has 0 spiro atoms. The SMILES string of the molecule is CCC(CC)CCCOCCCC(C)(CC)CO. The molecule has 1 unspecified atom stereocenters. The van der Waals surface area contributed by atoms with Crippen molar-refractivity contribution in [1.82, 2.24) is 0 Å². The van der Waals surface area contributed by atoms with E-state index >= 15 is 0 Å². The van der Waals surface area contributed by atoms with Gasteiger partial charge >= 0.3 is 0 Å². The van der Waals surface area contributed by atoms with Gasteiger partial charge in [-0.1, -0.05) is 40.5 Å². The highest BCUT2D eigenvalue weighted by molar-refractivity contribution is 4.70. The van der Waals surface area contributed by atoms with Gasteiger partial charge in [0.1, 0.15) is 0 Å². The number of aliphatic hydroxyl groups is 1. The van der Waals surface area contributed by atoms with Crippen molar-refractivity contribution in [3.63, 3.8) is 0 Å². The quantitative estimate of drug-likeness (QED) is 0.525. The summed E-state index contributed by atoms with van der Waals surface area (Å²) in [5.74, 6) is 0.881. The summed E-state index contributed by atoms with van der Waals surface area (Å²) in [6.45, 7) is 10.9. The molecule has 18 heavy (non-hydrogen) atoms. The lowest BCUT2D eigenvalue weighted by Crippen LogP contribution is -2.20. The fourth-order valence-corrected chi connectivity index (χ4v) is 2.24. The van der Waals surface area contributed by atoms with Crippen LogP contribution >= 0.6 is 0 Å². The summed E-state index contributed by atoms with van der Waals surface area (Å²) in [4.78, 5) is 0. The second kappa shape index (κ2) is 10.8. The number of hydrogen-bond donors (Lipinski definition) is 1. The van der Waals surface area contributed by atoms with Gasteiger partial charge in [0.25, 0.3) is 0 Å². The van der Waals surface area contributed by atoms with Crippen molar-refractivity contribution in [3.8, 4) is 0 Å². The summed E-state index contributed by atoms with van der Waals surface area (Å²) in [7, 11) is 0. The standard InChI is InChI=1S/C16H34O2/c1-5-15(6-2)10-8-12-18-13-9-11-16(4,7-3)14-17/h15,17H,5-14H2,1-4H3. The van der Waals surface area contributed by atoms with Gasteiger partial charge in [-0.05, 0) is 43.4 Å². The van der Waals surface area contributed by atoms with Crippen LogP contribution in [0.25, 0.3) is 0 Å². The van der Waals surface area contributed by atoms with Crippen LogP contribution < -0.4 is 0 Å². The van der Waals surface area contributed by atoms with Crippen LogP contribution in [0.15, 0.2) is 0 Å². The first kappa shape index (κ1) is 17.9. The molecule has 110 valence electrons. The molecule has 0 aromatic heterocycles. The van der Waals surface area contributed by atoms with Gasteiger partial charge in [-0.3, -0.25) is 0 Å². The van der Waals surface area contributed by atoms with E-state index in [9.17, 15) is 5.11 Å². The molecule has 1 N–H and O–H groups in total. The van der Waals surface area contributed by atoms with Crippen LogP contribution in [-0.2, 0) is 4.74 Å². The first-order valence-electron chi connectivity index (χ1n) is 7.80. The van der Waals surface area contributed by atoms with Gasteiger partial charge in [0, 0.05) is 19.8 Å². The molecule has 0 aliphatic heterocycles. The molecule has 0 saturated heterocycles. The normalized spacial score (nSPS) is 15.0. The Labute approximate surface area is 114 Å². The van der Waals surface area contributed by atoms with Gasteiger partial charge in [0.2, 0.25) is 0 Å². The molecule has 1 atom stereocenters. The third-order valence-corrected chi connectivity index (χ3v) is 4.36. The van der Waals surface area contributed by atoms with Gasteiger partial charge in [-0.2, -0.15) is 0 Å². The van der Waals surface area contributed by atoms with Crippen LogP contribution in [0.3, 0.4) is 0 Å². The second-order valence-electron chi connectivity index (χ2n) is 5.86. The van der Waals surface area contributed by atoms with E-state index in [1.54, 1.807) is 0 Å². The number of ether oxygens (including phenoxy) is 1. The molecule has 0 radical (unpaired) electrons. The Bertz CT molecular complexity index is 172. The van der Waals surface area contributed by atoms with E-state index in [-0.39, 0.29) is 12.0 Å². The fourth-order valence-electron chi connectivity index (χ4n) is 2.24. The molecule has 0 amide bonds. The third kappa shape index (κ3) is 8.10. The molecule has 0 rings (SSSR count). The molecule has 2 nitrogen and oxygen atoms in total. The predicted octanol–water partition coefficient (Wildman–Crippen LogP) is 4.41. The van der Waals surface area contributed by atoms with E-state index in [2.05, 4.69) is 27.7 Å². The van der Waals surface area contributed by atoms with Gasteiger partial charge < -0.3 is 9.84 Å². The fraction of sp³-hybridized carbons (Fsp3) is 1.00.